The Morgan fingerprint density at radius 1 is 1.24 bits per heavy atom. The van der Waals surface area contributed by atoms with Crippen LogP contribution in [0.2, 0.25) is 0 Å². The number of benzene rings is 1. The van der Waals surface area contributed by atoms with Gasteiger partial charge in [0.25, 0.3) is 0 Å². The molecular formula is C20H19AsF5N3O4. The van der Waals surface area contributed by atoms with Crippen molar-refractivity contribution in [3.63, 3.8) is 0 Å². The second-order valence-electron chi connectivity index (χ2n) is 7.38. The summed E-state index contributed by atoms with van der Waals surface area (Å²) in [5.41, 5.74) is 5.62. The predicted octanol–water partition coefficient (Wildman–Crippen LogP) is 1.05. The first kappa shape index (κ1) is 24.8. The van der Waals surface area contributed by atoms with Crippen LogP contribution in [0.4, 0.5) is 22.0 Å². The number of nitrogens with zero attached hydrogens (tertiary/aromatic N) is 2. The number of aromatic nitrogens is 1. The molecule has 1 fully saturated rings. The minimum absolute atomic E-state index is 0.0769. The van der Waals surface area contributed by atoms with Crippen molar-refractivity contribution in [2.45, 2.75) is 18.7 Å². The van der Waals surface area contributed by atoms with Crippen molar-refractivity contribution in [2.75, 3.05) is 19.7 Å². The van der Waals surface area contributed by atoms with E-state index >= 15 is 0 Å². The number of alkyl halides is 5. The van der Waals surface area contributed by atoms with Crippen molar-refractivity contribution in [2.24, 2.45) is 11.7 Å². The van der Waals surface area contributed by atoms with E-state index in [1.807, 2.05) is 0 Å². The third-order valence-corrected chi connectivity index (χ3v) is 5.82. The average Bonchev–Trinajstić information content (AvgIpc) is 3.02. The Balaban J connectivity index is 1.60. The van der Waals surface area contributed by atoms with Crippen LogP contribution in [0.1, 0.15) is 15.9 Å². The van der Waals surface area contributed by atoms with E-state index in [1.165, 1.54) is 24.4 Å². The molecule has 13 heteroatoms. The van der Waals surface area contributed by atoms with Gasteiger partial charge in [0, 0.05) is 0 Å². The van der Waals surface area contributed by atoms with E-state index < -0.39 is 48.9 Å². The molecule has 2 N–H and O–H groups in total. The van der Waals surface area contributed by atoms with Gasteiger partial charge in [-0.1, -0.05) is 0 Å². The molecule has 1 aliphatic heterocycles. The molecule has 0 bridgehead atoms. The standard InChI is InChI=1S/C20H19AsF5N3O4/c21-17-15(6-12(7-28-17)18(27)31)32-9-13-8-29(10-19(13,22)23)16(30)5-11-1-3-14(4-2-11)33-20(24,25)26/h1-4,6-7,13H,5,8-10,21H2,(H2,27,31)/t13-/m1/s1. The van der Waals surface area contributed by atoms with Crippen LogP contribution in [0.5, 0.6) is 11.5 Å². The van der Waals surface area contributed by atoms with E-state index in [4.69, 9.17) is 10.5 Å². The first-order valence-corrected chi connectivity index (χ1v) is 10.7. The fraction of sp³-hybridized carbons (Fsp3) is 0.350. The SMILES string of the molecule is NC(=O)c1cnc([AsH2])c(OC[C@H]2CN(C(=O)Cc3ccc(OC(F)(F)F)cc3)CC2(F)F)c1. The zero-order valence-corrected chi connectivity index (χ0v) is 19.4. The van der Waals surface area contributed by atoms with Crippen LogP contribution < -0.4 is 19.7 Å². The number of halogens is 5. The van der Waals surface area contributed by atoms with Gasteiger partial charge in [-0.2, -0.15) is 0 Å². The van der Waals surface area contributed by atoms with E-state index in [2.05, 4.69) is 9.72 Å². The molecule has 7 nitrogen and oxygen atoms in total. The van der Waals surface area contributed by atoms with Crippen LogP contribution in [0.3, 0.4) is 0 Å². The molecule has 1 aromatic heterocycles. The number of amides is 2. The Hall–Kier alpha value is -2.88. The summed E-state index contributed by atoms with van der Waals surface area (Å²) in [5.74, 6) is -6.14. The molecule has 0 radical (unpaired) electrons. The molecule has 0 saturated carbocycles. The van der Waals surface area contributed by atoms with Crippen LogP contribution in [0, 0.1) is 5.92 Å². The number of carbonyl (C=O) groups excluding carboxylic acids is 2. The van der Waals surface area contributed by atoms with Crippen molar-refractivity contribution in [1.29, 1.82) is 0 Å². The first-order chi connectivity index (χ1) is 15.3. The number of likely N-dealkylation sites (tertiary alicyclic amines) is 1. The maximum atomic E-state index is 14.5. The third-order valence-electron chi connectivity index (χ3n) is 4.91. The molecule has 2 amide bonds. The number of pyridine rings is 1. The summed E-state index contributed by atoms with van der Waals surface area (Å²) >= 11 is 1.07. The van der Waals surface area contributed by atoms with E-state index in [9.17, 15) is 31.5 Å². The van der Waals surface area contributed by atoms with Crippen LogP contribution in [0.25, 0.3) is 0 Å². The number of ether oxygens (including phenoxy) is 2. The number of rotatable bonds is 7. The number of hydrogen-bond donors (Lipinski definition) is 1. The summed E-state index contributed by atoms with van der Waals surface area (Å²) in [4.78, 5) is 28.7. The van der Waals surface area contributed by atoms with Gasteiger partial charge in [0.2, 0.25) is 0 Å². The van der Waals surface area contributed by atoms with E-state index in [1.54, 1.807) is 0 Å². The second kappa shape index (κ2) is 9.54. The van der Waals surface area contributed by atoms with Crippen LogP contribution >= 0.6 is 0 Å². The van der Waals surface area contributed by atoms with Crippen LogP contribution in [0.15, 0.2) is 36.5 Å². The minimum atomic E-state index is -4.84. The molecule has 0 spiro atoms. The topological polar surface area (TPSA) is 94.8 Å². The molecule has 2 aromatic rings. The molecule has 1 unspecified atom stereocenters. The van der Waals surface area contributed by atoms with Gasteiger partial charge in [-0.25, -0.2) is 0 Å². The van der Waals surface area contributed by atoms with E-state index in [0.717, 1.165) is 33.9 Å². The zero-order valence-electron chi connectivity index (χ0n) is 16.9. The summed E-state index contributed by atoms with van der Waals surface area (Å²) < 4.78 is 75.3. The zero-order chi connectivity index (χ0) is 24.4. The summed E-state index contributed by atoms with van der Waals surface area (Å²) in [5, 5.41) is 0. The second-order valence-corrected chi connectivity index (χ2v) is 8.53. The number of hydrogen-bond acceptors (Lipinski definition) is 5. The third kappa shape index (κ3) is 6.56. The Kier molecular flexibility index (Phi) is 7.16. The average molecular weight is 535 g/mol. The number of primary amides is 1. The monoisotopic (exact) mass is 535 g/mol. The van der Waals surface area contributed by atoms with Crippen molar-refractivity contribution < 1.29 is 41.0 Å². The predicted molar refractivity (Wildman–Crippen MR) is 108 cm³/mol. The molecule has 1 saturated heterocycles. The Morgan fingerprint density at radius 3 is 2.52 bits per heavy atom. The first-order valence-electron chi connectivity index (χ1n) is 9.52. The molecule has 33 heavy (non-hydrogen) atoms. The normalized spacial score (nSPS) is 17.6. The van der Waals surface area contributed by atoms with Gasteiger partial charge in [-0.05, 0) is 0 Å². The molecule has 3 rings (SSSR count). The van der Waals surface area contributed by atoms with Crippen LogP contribution in [-0.4, -0.2) is 70.5 Å². The molecule has 1 aliphatic rings. The van der Waals surface area contributed by atoms with Crippen molar-refractivity contribution in [3.8, 4) is 11.5 Å². The number of carbonyl (C=O) groups is 2. The molecular weight excluding hydrogens is 516 g/mol. The van der Waals surface area contributed by atoms with Crippen molar-refractivity contribution >= 4 is 33.1 Å². The molecule has 0 aliphatic carbocycles. The molecule has 2 atom stereocenters. The van der Waals surface area contributed by atoms with Crippen LogP contribution in [-0.2, 0) is 11.2 Å². The van der Waals surface area contributed by atoms with Crippen molar-refractivity contribution in [3.05, 3.63) is 47.7 Å². The summed E-state index contributed by atoms with van der Waals surface area (Å²) in [6.45, 7) is -1.49. The Morgan fingerprint density at radius 2 is 1.91 bits per heavy atom. The summed E-state index contributed by atoms with van der Waals surface area (Å²) in [6, 6.07) is 5.94. The Bertz CT molecular complexity index is 1030. The molecule has 2 heterocycles. The van der Waals surface area contributed by atoms with Gasteiger partial charge in [0.05, 0.1) is 0 Å². The fourth-order valence-electron chi connectivity index (χ4n) is 3.20. The van der Waals surface area contributed by atoms with E-state index in [0.29, 0.717) is 10.0 Å². The quantitative estimate of drug-likeness (QED) is 0.423. The van der Waals surface area contributed by atoms with Gasteiger partial charge in [-0.15, -0.1) is 13.2 Å². The summed E-state index contributed by atoms with van der Waals surface area (Å²) in [6.07, 6.45) is -3.84. The fourth-order valence-corrected chi connectivity index (χ4v) is 3.71. The van der Waals surface area contributed by atoms with Gasteiger partial charge in [0.1, 0.15) is 5.75 Å². The number of nitrogens with two attached hydrogens (primary N) is 1. The maximum absolute atomic E-state index is 14.5. The summed E-state index contributed by atoms with van der Waals surface area (Å²) in [7, 11) is 0. The molecule has 178 valence electrons. The Labute approximate surface area is 193 Å². The van der Waals surface area contributed by atoms with Gasteiger partial charge in [0.15, 0.2) is 0 Å². The van der Waals surface area contributed by atoms with Crippen molar-refractivity contribution in [1.82, 2.24) is 9.88 Å². The van der Waals surface area contributed by atoms with Gasteiger partial charge in [-0.3, -0.25) is 0 Å². The van der Waals surface area contributed by atoms with Gasteiger partial charge >= 0.3 is 170 Å². The molecule has 1 aromatic carbocycles. The van der Waals surface area contributed by atoms with E-state index in [-0.39, 0.29) is 24.3 Å². The van der Waals surface area contributed by atoms with Gasteiger partial charge < -0.3 is 4.74 Å².